The molecule has 8 heteroatoms. The summed E-state index contributed by atoms with van der Waals surface area (Å²) >= 11 is 0. The Labute approximate surface area is 127 Å². The third-order valence-electron chi connectivity index (χ3n) is 3.84. The molecule has 21 heavy (non-hydrogen) atoms. The summed E-state index contributed by atoms with van der Waals surface area (Å²) in [4.78, 5) is 11.4. The van der Waals surface area contributed by atoms with E-state index in [1.807, 2.05) is 0 Å². The topological polar surface area (TPSA) is 87.2 Å². The van der Waals surface area contributed by atoms with Gasteiger partial charge in [-0.1, -0.05) is 0 Å². The van der Waals surface area contributed by atoms with Gasteiger partial charge in [-0.2, -0.15) is 17.0 Å². The van der Waals surface area contributed by atoms with Gasteiger partial charge in [0.2, 0.25) is 0 Å². The molecular weight excluding hydrogens is 296 g/mol. The second kappa shape index (κ2) is 8.67. The van der Waals surface area contributed by atoms with Crippen LogP contribution in [-0.4, -0.2) is 68.5 Å². The molecule has 0 unspecified atom stereocenters. The van der Waals surface area contributed by atoms with Crippen molar-refractivity contribution in [2.45, 2.75) is 32.1 Å². The Morgan fingerprint density at radius 1 is 1.29 bits per heavy atom. The number of esters is 1. The molecule has 1 heterocycles. The Bertz CT molecular complexity index is 418. The Kier molecular flexibility index (Phi) is 7.58. The minimum Gasteiger partial charge on any atom is -0.469 e. The molecule has 0 bridgehead atoms. The lowest BCUT2D eigenvalue weighted by Crippen LogP contribution is -2.46. The lowest BCUT2D eigenvalue weighted by molar-refractivity contribution is -0.146. The highest BCUT2D eigenvalue weighted by Crippen LogP contribution is 2.22. The van der Waals surface area contributed by atoms with E-state index in [4.69, 9.17) is 9.84 Å². The quantitative estimate of drug-likeness (QED) is 0.510. The summed E-state index contributed by atoms with van der Waals surface area (Å²) in [7, 11) is -0.530. The molecule has 0 aliphatic carbocycles. The highest BCUT2D eigenvalue weighted by molar-refractivity contribution is 7.86. The predicted molar refractivity (Wildman–Crippen MR) is 78.8 cm³/mol. The number of piperidine rings is 1. The smallest absolute Gasteiger partial charge is 0.308 e. The number of methoxy groups -OCH3 is 1. The second-order valence-electron chi connectivity index (χ2n) is 5.31. The average molecular weight is 322 g/mol. The summed E-state index contributed by atoms with van der Waals surface area (Å²) in [5, 5.41) is 8.71. The van der Waals surface area contributed by atoms with Crippen LogP contribution in [-0.2, 0) is 19.7 Å². The van der Waals surface area contributed by atoms with Crippen molar-refractivity contribution < 1.29 is 23.1 Å². The van der Waals surface area contributed by atoms with Gasteiger partial charge >= 0.3 is 5.97 Å². The van der Waals surface area contributed by atoms with Gasteiger partial charge in [0, 0.05) is 33.3 Å². The largest absolute Gasteiger partial charge is 0.469 e. The van der Waals surface area contributed by atoms with Crippen molar-refractivity contribution in [3.05, 3.63) is 0 Å². The van der Waals surface area contributed by atoms with Crippen molar-refractivity contribution in [1.29, 1.82) is 0 Å². The van der Waals surface area contributed by atoms with E-state index in [9.17, 15) is 13.2 Å². The van der Waals surface area contributed by atoms with Crippen LogP contribution in [0.4, 0.5) is 0 Å². The van der Waals surface area contributed by atoms with E-state index in [0.29, 0.717) is 38.9 Å². The minimum absolute atomic E-state index is 0.136. The number of ether oxygens (including phenoxy) is 1. The molecule has 1 aliphatic heterocycles. The summed E-state index contributed by atoms with van der Waals surface area (Å²) in [6.07, 6.45) is 3.24. The van der Waals surface area contributed by atoms with E-state index in [2.05, 4.69) is 0 Å². The zero-order chi connectivity index (χ0) is 15.9. The van der Waals surface area contributed by atoms with Crippen molar-refractivity contribution in [3.8, 4) is 0 Å². The summed E-state index contributed by atoms with van der Waals surface area (Å²) in [6.45, 7) is 1.28. The molecule has 0 atom stereocenters. The van der Waals surface area contributed by atoms with Crippen molar-refractivity contribution in [1.82, 2.24) is 8.61 Å². The van der Waals surface area contributed by atoms with Crippen LogP contribution in [0.15, 0.2) is 0 Å². The maximum atomic E-state index is 12.4. The van der Waals surface area contributed by atoms with Crippen LogP contribution < -0.4 is 0 Å². The monoisotopic (exact) mass is 322 g/mol. The van der Waals surface area contributed by atoms with Gasteiger partial charge < -0.3 is 9.84 Å². The first kappa shape index (κ1) is 18.3. The molecule has 124 valence electrons. The molecule has 0 aromatic rings. The first-order valence-corrected chi connectivity index (χ1v) is 8.73. The number of carbonyl (C=O) groups is 1. The van der Waals surface area contributed by atoms with E-state index < -0.39 is 10.2 Å². The van der Waals surface area contributed by atoms with Crippen LogP contribution in [0.25, 0.3) is 0 Å². The Balaban J connectivity index is 2.46. The van der Waals surface area contributed by atoms with E-state index in [-0.39, 0.29) is 18.5 Å². The molecule has 7 nitrogen and oxygen atoms in total. The number of aliphatic hydroxyl groups is 1. The fourth-order valence-corrected chi connectivity index (χ4v) is 3.85. The van der Waals surface area contributed by atoms with E-state index in [1.54, 1.807) is 7.05 Å². The number of aliphatic hydroxyl groups excluding tert-OH is 1. The maximum Gasteiger partial charge on any atom is 0.308 e. The summed E-state index contributed by atoms with van der Waals surface area (Å²) in [5.74, 6) is -0.458. The van der Waals surface area contributed by atoms with Gasteiger partial charge in [-0.15, -0.1) is 0 Å². The molecule has 1 rings (SSSR count). The Morgan fingerprint density at radius 2 is 1.90 bits per heavy atom. The molecule has 1 saturated heterocycles. The molecule has 1 fully saturated rings. The molecule has 0 amide bonds. The zero-order valence-corrected chi connectivity index (χ0v) is 13.6. The van der Waals surface area contributed by atoms with E-state index in [1.165, 1.54) is 15.7 Å². The summed E-state index contributed by atoms with van der Waals surface area (Å²) in [6, 6.07) is 0. The highest BCUT2D eigenvalue weighted by Gasteiger charge is 2.33. The van der Waals surface area contributed by atoms with Gasteiger partial charge in [0.25, 0.3) is 10.2 Å². The second-order valence-corrected chi connectivity index (χ2v) is 7.35. The number of rotatable bonds is 8. The molecule has 1 N–H and O–H groups in total. The molecular formula is C13H26N2O5S. The van der Waals surface area contributed by atoms with Gasteiger partial charge in [-0.3, -0.25) is 4.79 Å². The number of carbonyl (C=O) groups excluding carboxylic acids is 1. The normalized spacial score (nSPS) is 18.1. The van der Waals surface area contributed by atoms with Crippen LogP contribution >= 0.6 is 0 Å². The molecule has 1 aliphatic rings. The predicted octanol–water partition coefficient (Wildman–Crippen LogP) is 0.211. The first-order valence-electron chi connectivity index (χ1n) is 7.33. The summed E-state index contributed by atoms with van der Waals surface area (Å²) < 4.78 is 32.2. The van der Waals surface area contributed by atoms with Crippen LogP contribution in [0.2, 0.25) is 0 Å². The van der Waals surface area contributed by atoms with E-state index in [0.717, 1.165) is 12.8 Å². The lowest BCUT2D eigenvalue weighted by Gasteiger charge is -2.32. The van der Waals surface area contributed by atoms with Crippen LogP contribution in [0.3, 0.4) is 0 Å². The number of nitrogens with zero attached hydrogens (tertiary/aromatic N) is 2. The SMILES string of the molecule is COC(=O)C1CCN(S(=O)(=O)N(C)CCCCCO)CC1. The third kappa shape index (κ3) is 5.21. The van der Waals surface area contributed by atoms with Crippen LogP contribution in [0.1, 0.15) is 32.1 Å². The number of hydrogen-bond acceptors (Lipinski definition) is 5. The molecule has 0 saturated carbocycles. The molecule has 0 radical (unpaired) electrons. The molecule has 0 spiro atoms. The number of hydrogen-bond donors (Lipinski definition) is 1. The van der Waals surface area contributed by atoms with Crippen LogP contribution in [0, 0.1) is 5.92 Å². The van der Waals surface area contributed by atoms with Gasteiger partial charge in [0.1, 0.15) is 0 Å². The molecule has 0 aromatic carbocycles. The molecule has 0 aromatic heterocycles. The van der Waals surface area contributed by atoms with Gasteiger partial charge in [-0.05, 0) is 32.1 Å². The van der Waals surface area contributed by atoms with Gasteiger partial charge in [0.15, 0.2) is 0 Å². The first-order chi connectivity index (χ1) is 9.93. The van der Waals surface area contributed by atoms with Crippen molar-refractivity contribution >= 4 is 16.2 Å². The summed E-state index contributed by atoms with van der Waals surface area (Å²) in [5.41, 5.74) is 0. The van der Waals surface area contributed by atoms with Gasteiger partial charge in [-0.25, -0.2) is 0 Å². The van der Waals surface area contributed by atoms with Crippen molar-refractivity contribution in [2.75, 3.05) is 40.4 Å². The standard InChI is InChI=1S/C13H26N2O5S/c1-14(8-4-3-5-11-16)21(18,19)15-9-6-12(7-10-15)13(17)20-2/h12,16H,3-11H2,1-2H3. The minimum atomic E-state index is -3.45. The Hall–Kier alpha value is -0.700. The average Bonchev–Trinajstić information content (AvgIpc) is 2.50. The number of unbranched alkanes of at least 4 members (excludes halogenated alkanes) is 2. The maximum absolute atomic E-state index is 12.4. The van der Waals surface area contributed by atoms with Crippen molar-refractivity contribution in [2.24, 2.45) is 5.92 Å². The zero-order valence-electron chi connectivity index (χ0n) is 12.8. The highest BCUT2D eigenvalue weighted by atomic mass is 32.2. The Morgan fingerprint density at radius 3 is 2.43 bits per heavy atom. The van der Waals surface area contributed by atoms with Crippen LogP contribution in [0.5, 0.6) is 0 Å². The van der Waals surface area contributed by atoms with E-state index >= 15 is 0 Å². The lowest BCUT2D eigenvalue weighted by atomic mass is 9.99. The fraction of sp³-hybridized carbons (Fsp3) is 0.923. The van der Waals surface area contributed by atoms with Gasteiger partial charge in [0.05, 0.1) is 13.0 Å². The third-order valence-corrected chi connectivity index (χ3v) is 5.83. The van der Waals surface area contributed by atoms with Crippen molar-refractivity contribution in [3.63, 3.8) is 0 Å². The fourth-order valence-electron chi connectivity index (χ4n) is 2.42.